The fourth-order valence-electron chi connectivity index (χ4n) is 3.90. The van der Waals surface area contributed by atoms with Crippen LogP contribution in [0.1, 0.15) is 45.4 Å². The van der Waals surface area contributed by atoms with Crippen molar-refractivity contribution in [3.05, 3.63) is 0 Å². The number of hydrogen-bond acceptors (Lipinski definition) is 2. The van der Waals surface area contributed by atoms with Gasteiger partial charge in [-0.1, -0.05) is 12.8 Å². The van der Waals surface area contributed by atoms with E-state index in [1.54, 1.807) is 0 Å². The second-order valence-corrected chi connectivity index (χ2v) is 5.23. The molecule has 3 saturated heterocycles. The minimum Gasteiger partial charge on any atom is -0.284 e. The van der Waals surface area contributed by atoms with Gasteiger partial charge in [0.05, 0.1) is 6.17 Å². The number of fused-ring (bicyclic) bond motifs is 3. The van der Waals surface area contributed by atoms with Gasteiger partial charge >= 0.3 is 0 Å². The van der Waals surface area contributed by atoms with E-state index >= 15 is 0 Å². The standard InChI is InChI=1S/C12H22N2/c1-10-13-8-4-2-6-11(13)12-7-3-5-9-14(10)12/h10-12H,2-9H2,1H3. The van der Waals surface area contributed by atoms with Crippen LogP contribution in [0.5, 0.6) is 0 Å². The van der Waals surface area contributed by atoms with Crippen LogP contribution in [-0.4, -0.2) is 41.1 Å². The number of hydrogen-bond donors (Lipinski definition) is 0. The molecule has 0 aromatic carbocycles. The molecule has 0 aliphatic carbocycles. The molecule has 80 valence electrons. The predicted molar refractivity (Wildman–Crippen MR) is 58.2 cm³/mol. The molecule has 0 aromatic rings. The Bertz CT molecular complexity index is 194. The quantitative estimate of drug-likeness (QED) is 0.582. The summed E-state index contributed by atoms with van der Waals surface area (Å²) in [6.45, 7) is 5.14. The molecular weight excluding hydrogens is 172 g/mol. The van der Waals surface area contributed by atoms with Gasteiger partial charge in [-0.3, -0.25) is 9.80 Å². The molecule has 0 radical (unpaired) electrons. The van der Waals surface area contributed by atoms with Crippen molar-refractivity contribution in [2.24, 2.45) is 0 Å². The van der Waals surface area contributed by atoms with E-state index in [1.807, 2.05) is 0 Å². The van der Waals surface area contributed by atoms with E-state index in [0.717, 1.165) is 18.2 Å². The first-order valence-electron chi connectivity index (χ1n) is 6.39. The van der Waals surface area contributed by atoms with Crippen LogP contribution in [0.15, 0.2) is 0 Å². The first kappa shape index (κ1) is 9.17. The summed E-state index contributed by atoms with van der Waals surface area (Å²) < 4.78 is 0. The van der Waals surface area contributed by atoms with Crippen molar-refractivity contribution >= 4 is 0 Å². The summed E-state index contributed by atoms with van der Waals surface area (Å²) in [5.41, 5.74) is 0. The van der Waals surface area contributed by atoms with Crippen molar-refractivity contribution in [1.29, 1.82) is 0 Å². The van der Waals surface area contributed by atoms with Crippen LogP contribution in [0.3, 0.4) is 0 Å². The Morgan fingerprint density at radius 1 is 0.786 bits per heavy atom. The molecule has 0 amide bonds. The summed E-state index contributed by atoms with van der Waals surface area (Å²) in [6, 6.07) is 1.83. The lowest BCUT2D eigenvalue weighted by molar-refractivity contribution is 0.106. The van der Waals surface area contributed by atoms with Gasteiger partial charge in [0.2, 0.25) is 0 Å². The smallest absolute Gasteiger partial charge is 0.0599 e. The third-order valence-corrected chi connectivity index (χ3v) is 4.59. The number of piperidine rings is 2. The van der Waals surface area contributed by atoms with Gasteiger partial charge in [-0.15, -0.1) is 0 Å². The van der Waals surface area contributed by atoms with Crippen LogP contribution in [0.4, 0.5) is 0 Å². The van der Waals surface area contributed by atoms with Crippen LogP contribution in [0.2, 0.25) is 0 Å². The van der Waals surface area contributed by atoms with Gasteiger partial charge in [0, 0.05) is 12.1 Å². The van der Waals surface area contributed by atoms with E-state index in [1.165, 1.54) is 51.6 Å². The first-order valence-corrected chi connectivity index (χ1v) is 6.39. The zero-order valence-corrected chi connectivity index (χ0v) is 9.28. The molecule has 3 aliphatic heterocycles. The largest absolute Gasteiger partial charge is 0.284 e. The van der Waals surface area contributed by atoms with E-state index in [2.05, 4.69) is 16.7 Å². The van der Waals surface area contributed by atoms with Crippen molar-refractivity contribution in [2.45, 2.75) is 63.7 Å². The summed E-state index contributed by atoms with van der Waals surface area (Å²) in [7, 11) is 0. The maximum Gasteiger partial charge on any atom is 0.0599 e. The van der Waals surface area contributed by atoms with Gasteiger partial charge < -0.3 is 0 Å². The highest BCUT2D eigenvalue weighted by atomic mass is 15.5. The third kappa shape index (κ3) is 1.24. The minimum absolute atomic E-state index is 0.741. The summed E-state index contributed by atoms with van der Waals surface area (Å²) in [5.74, 6) is 0. The Balaban J connectivity index is 1.83. The van der Waals surface area contributed by atoms with Crippen molar-refractivity contribution in [3.8, 4) is 0 Å². The third-order valence-electron chi connectivity index (χ3n) is 4.59. The molecule has 14 heavy (non-hydrogen) atoms. The van der Waals surface area contributed by atoms with E-state index in [4.69, 9.17) is 0 Å². The highest BCUT2D eigenvalue weighted by molar-refractivity contribution is 4.99. The van der Waals surface area contributed by atoms with Crippen molar-refractivity contribution in [3.63, 3.8) is 0 Å². The molecule has 2 heteroatoms. The molecule has 2 atom stereocenters. The molecule has 2 unspecified atom stereocenters. The second-order valence-electron chi connectivity index (χ2n) is 5.23. The first-order chi connectivity index (χ1) is 6.88. The average Bonchev–Trinajstić information content (AvgIpc) is 2.55. The summed E-state index contributed by atoms with van der Waals surface area (Å²) in [6.07, 6.45) is 9.47. The zero-order valence-electron chi connectivity index (χ0n) is 9.28. The Hall–Kier alpha value is -0.0800. The molecule has 0 saturated carbocycles. The molecule has 3 rings (SSSR count). The fraction of sp³-hybridized carbons (Fsp3) is 1.00. The predicted octanol–water partition coefficient (Wildman–Crippen LogP) is 2.06. The highest BCUT2D eigenvalue weighted by Gasteiger charge is 2.45. The van der Waals surface area contributed by atoms with Crippen LogP contribution >= 0.6 is 0 Å². The minimum atomic E-state index is 0.741. The maximum absolute atomic E-state index is 2.78. The van der Waals surface area contributed by atoms with Crippen molar-refractivity contribution in [1.82, 2.24) is 9.80 Å². The molecule has 2 nitrogen and oxygen atoms in total. The summed E-state index contributed by atoms with van der Waals surface area (Å²) in [4.78, 5) is 5.55. The fourth-order valence-corrected chi connectivity index (χ4v) is 3.90. The highest BCUT2D eigenvalue weighted by Crippen LogP contribution is 2.37. The topological polar surface area (TPSA) is 6.48 Å². The van der Waals surface area contributed by atoms with E-state index < -0.39 is 0 Å². The number of rotatable bonds is 0. The van der Waals surface area contributed by atoms with Crippen LogP contribution in [0, 0.1) is 0 Å². The molecule has 3 heterocycles. The molecule has 0 bridgehead atoms. The van der Waals surface area contributed by atoms with Gasteiger partial charge in [0.15, 0.2) is 0 Å². The number of nitrogens with zero attached hydrogens (tertiary/aromatic N) is 2. The summed E-state index contributed by atoms with van der Waals surface area (Å²) >= 11 is 0. The Labute approximate surface area is 87.3 Å². The monoisotopic (exact) mass is 194 g/mol. The molecule has 3 fully saturated rings. The molecule has 3 aliphatic rings. The summed E-state index contributed by atoms with van der Waals surface area (Å²) in [5, 5.41) is 0. The average molecular weight is 194 g/mol. The lowest BCUT2D eigenvalue weighted by atomic mass is 9.92. The van der Waals surface area contributed by atoms with Crippen LogP contribution in [0.25, 0.3) is 0 Å². The Morgan fingerprint density at radius 3 is 1.79 bits per heavy atom. The van der Waals surface area contributed by atoms with Gasteiger partial charge in [-0.05, 0) is 45.7 Å². The van der Waals surface area contributed by atoms with E-state index in [9.17, 15) is 0 Å². The Morgan fingerprint density at radius 2 is 1.29 bits per heavy atom. The zero-order chi connectivity index (χ0) is 9.54. The van der Waals surface area contributed by atoms with Gasteiger partial charge in [-0.25, -0.2) is 0 Å². The second kappa shape index (κ2) is 3.49. The van der Waals surface area contributed by atoms with Gasteiger partial charge in [0.1, 0.15) is 0 Å². The van der Waals surface area contributed by atoms with Crippen LogP contribution < -0.4 is 0 Å². The van der Waals surface area contributed by atoms with E-state index in [0.29, 0.717) is 0 Å². The Kier molecular flexibility index (Phi) is 2.29. The molecule has 0 aromatic heterocycles. The lowest BCUT2D eigenvalue weighted by Crippen LogP contribution is -2.41. The van der Waals surface area contributed by atoms with Gasteiger partial charge in [-0.2, -0.15) is 0 Å². The van der Waals surface area contributed by atoms with Gasteiger partial charge in [0.25, 0.3) is 0 Å². The molecular formula is C12H22N2. The molecule has 0 N–H and O–H groups in total. The SMILES string of the molecule is CC1N2CCCCC2C2CCCCN21. The maximum atomic E-state index is 2.78. The van der Waals surface area contributed by atoms with E-state index in [-0.39, 0.29) is 0 Å². The lowest BCUT2D eigenvalue weighted by Gasteiger charge is -2.33. The van der Waals surface area contributed by atoms with Crippen LogP contribution in [-0.2, 0) is 0 Å². The molecule has 0 spiro atoms. The normalized spacial score (nSPS) is 44.8. The van der Waals surface area contributed by atoms with Crippen molar-refractivity contribution in [2.75, 3.05) is 13.1 Å². The van der Waals surface area contributed by atoms with Crippen molar-refractivity contribution < 1.29 is 0 Å².